The fraction of sp³-hybridized carbons (Fsp3) is 0.412. The Bertz CT molecular complexity index is 785. The number of hydrogen-bond donors (Lipinski definition) is 0. The maximum absolute atomic E-state index is 12.8. The molecular weight excluding hydrogens is 348 g/mol. The quantitative estimate of drug-likeness (QED) is 0.742. The van der Waals surface area contributed by atoms with Crippen molar-refractivity contribution in [2.45, 2.75) is 19.9 Å². The Balaban J connectivity index is 2.13. The van der Waals surface area contributed by atoms with Gasteiger partial charge in [-0.15, -0.1) is 0 Å². The summed E-state index contributed by atoms with van der Waals surface area (Å²) in [5.74, 6) is -0.0718. The number of allylic oxidation sites excluding steroid dienone is 1. The Morgan fingerprint density at radius 2 is 2.04 bits per heavy atom. The zero-order valence-corrected chi connectivity index (χ0v) is 15.4. The highest BCUT2D eigenvalue weighted by atomic mass is 35.5. The molecule has 1 aliphatic heterocycles. The van der Waals surface area contributed by atoms with Crippen molar-refractivity contribution in [2.24, 2.45) is 4.99 Å². The molecule has 0 bridgehead atoms. The number of hydrogen-bond acceptors (Lipinski definition) is 4. The molecule has 0 saturated carbocycles. The van der Waals surface area contributed by atoms with E-state index in [1.54, 1.807) is 17.0 Å². The summed E-state index contributed by atoms with van der Waals surface area (Å²) in [4.78, 5) is 18.6. The van der Waals surface area contributed by atoms with Crippen LogP contribution in [0.3, 0.4) is 0 Å². The summed E-state index contributed by atoms with van der Waals surface area (Å²) in [5, 5.41) is 0.589. The van der Waals surface area contributed by atoms with Gasteiger partial charge in [-0.3, -0.25) is 9.79 Å². The standard InChI is InChI=1S/C17H21ClN2O3S/c1-13-10-15(11-19-13)17(21)20(8-5-9-24(2,22)23)12-14-6-3-4-7-16(14)18/h3-4,6-7,10H,5,8-9,11-12H2,1-2H3. The highest BCUT2D eigenvalue weighted by Gasteiger charge is 2.21. The summed E-state index contributed by atoms with van der Waals surface area (Å²) in [6.45, 7) is 2.92. The summed E-state index contributed by atoms with van der Waals surface area (Å²) < 4.78 is 22.7. The number of carbonyl (C=O) groups is 1. The van der Waals surface area contributed by atoms with Gasteiger partial charge in [-0.05, 0) is 31.1 Å². The van der Waals surface area contributed by atoms with Crippen molar-refractivity contribution in [1.29, 1.82) is 0 Å². The molecule has 1 amide bonds. The van der Waals surface area contributed by atoms with Gasteiger partial charge in [-0.1, -0.05) is 29.8 Å². The molecule has 130 valence electrons. The van der Waals surface area contributed by atoms with E-state index >= 15 is 0 Å². The minimum absolute atomic E-state index is 0.0495. The lowest BCUT2D eigenvalue weighted by Crippen LogP contribution is -2.34. The van der Waals surface area contributed by atoms with E-state index < -0.39 is 9.84 Å². The van der Waals surface area contributed by atoms with Crippen LogP contribution in [0.1, 0.15) is 18.9 Å². The number of halogens is 1. The monoisotopic (exact) mass is 368 g/mol. The van der Waals surface area contributed by atoms with E-state index in [0.717, 1.165) is 11.3 Å². The van der Waals surface area contributed by atoms with Gasteiger partial charge in [0.05, 0.1) is 12.3 Å². The van der Waals surface area contributed by atoms with Crippen molar-refractivity contribution >= 4 is 33.1 Å². The fourth-order valence-corrected chi connectivity index (χ4v) is 3.34. The van der Waals surface area contributed by atoms with E-state index in [0.29, 0.717) is 36.7 Å². The Labute approximate surface area is 147 Å². The van der Waals surface area contributed by atoms with Crippen molar-refractivity contribution < 1.29 is 13.2 Å². The third kappa shape index (κ3) is 5.46. The zero-order chi connectivity index (χ0) is 17.7. The smallest absolute Gasteiger partial charge is 0.252 e. The van der Waals surface area contributed by atoms with Crippen LogP contribution in [0.15, 0.2) is 40.9 Å². The van der Waals surface area contributed by atoms with E-state index in [9.17, 15) is 13.2 Å². The number of rotatable bonds is 7. The predicted molar refractivity (Wildman–Crippen MR) is 97.3 cm³/mol. The van der Waals surface area contributed by atoms with Gasteiger partial charge in [0.2, 0.25) is 0 Å². The first kappa shape index (κ1) is 18.7. The first-order valence-electron chi connectivity index (χ1n) is 7.68. The average molecular weight is 369 g/mol. The number of amides is 1. The molecule has 5 nitrogen and oxygen atoms in total. The molecule has 1 aliphatic rings. The maximum atomic E-state index is 12.8. The van der Waals surface area contributed by atoms with Gasteiger partial charge in [0, 0.05) is 35.7 Å². The molecule has 0 aliphatic carbocycles. The van der Waals surface area contributed by atoms with Crippen LogP contribution in [-0.4, -0.2) is 50.0 Å². The van der Waals surface area contributed by atoms with E-state index in [1.165, 1.54) is 6.26 Å². The number of sulfone groups is 1. The second kappa shape index (κ2) is 7.94. The van der Waals surface area contributed by atoms with E-state index in [4.69, 9.17) is 11.6 Å². The Morgan fingerprint density at radius 3 is 2.62 bits per heavy atom. The third-order valence-corrected chi connectivity index (χ3v) is 5.11. The SMILES string of the molecule is CC1=NCC(C(=O)N(CCCS(C)(=O)=O)Cc2ccccc2Cl)=C1. The molecule has 0 N–H and O–H groups in total. The first-order valence-corrected chi connectivity index (χ1v) is 10.1. The van der Waals surface area contributed by atoms with Gasteiger partial charge in [-0.25, -0.2) is 8.42 Å². The molecule has 7 heteroatoms. The van der Waals surface area contributed by atoms with Crippen LogP contribution in [0.5, 0.6) is 0 Å². The van der Waals surface area contributed by atoms with Crippen molar-refractivity contribution in [3.63, 3.8) is 0 Å². The van der Waals surface area contributed by atoms with Crippen molar-refractivity contribution in [1.82, 2.24) is 4.90 Å². The molecule has 0 atom stereocenters. The van der Waals surface area contributed by atoms with Crippen LogP contribution in [0, 0.1) is 0 Å². The molecule has 0 unspecified atom stereocenters. The normalized spacial score (nSPS) is 14.3. The van der Waals surface area contributed by atoms with Crippen molar-refractivity contribution in [3.8, 4) is 0 Å². The summed E-state index contributed by atoms with van der Waals surface area (Å²) in [7, 11) is -3.06. The Morgan fingerprint density at radius 1 is 1.33 bits per heavy atom. The lowest BCUT2D eigenvalue weighted by Gasteiger charge is -2.23. The first-order chi connectivity index (χ1) is 11.3. The Kier molecular flexibility index (Phi) is 6.18. The maximum Gasteiger partial charge on any atom is 0.252 e. The molecule has 0 radical (unpaired) electrons. The summed E-state index contributed by atoms with van der Waals surface area (Å²) in [6.07, 6.45) is 3.37. The predicted octanol–water partition coefficient (Wildman–Crippen LogP) is 2.50. The van der Waals surface area contributed by atoms with Crippen LogP contribution in [-0.2, 0) is 21.2 Å². The molecule has 1 heterocycles. The van der Waals surface area contributed by atoms with Gasteiger partial charge in [0.15, 0.2) is 0 Å². The summed E-state index contributed by atoms with van der Waals surface area (Å²) >= 11 is 6.19. The molecule has 0 fully saturated rings. The lowest BCUT2D eigenvalue weighted by molar-refractivity contribution is -0.127. The number of nitrogens with zero attached hydrogens (tertiary/aromatic N) is 2. The topological polar surface area (TPSA) is 66.8 Å². The van der Waals surface area contributed by atoms with Crippen LogP contribution < -0.4 is 0 Å². The van der Waals surface area contributed by atoms with Gasteiger partial charge >= 0.3 is 0 Å². The zero-order valence-electron chi connectivity index (χ0n) is 13.8. The second-order valence-corrected chi connectivity index (χ2v) is 8.60. The summed E-state index contributed by atoms with van der Waals surface area (Å²) in [5.41, 5.74) is 2.29. The molecule has 0 saturated heterocycles. The molecule has 1 aromatic rings. The highest BCUT2D eigenvalue weighted by molar-refractivity contribution is 7.90. The van der Waals surface area contributed by atoms with Gasteiger partial charge in [0.1, 0.15) is 9.84 Å². The highest BCUT2D eigenvalue weighted by Crippen LogP contribution is 2.19. The van der Waals surface area contributed by atoms with Crippen molar-refractivity contribution in [2.75, 3.05) is 25.1 Å². The van der Waals surface area contributed by atoms with Crippen LogP contribution in [0.25, 0.3) is 0 Å². The second-order valence-electron chi connectivity index (χ2n) is 5.93. The molecule has 24 heavy (non-hydrogen) atoms. The molecular formula is C17H21ClN2O3S. The minimum Gasteiger partial charge on any atom is -0.334 e. The molecule has 0 aromatic heterocycles. The van der Waals surface area contributed by atoms with Crippen LogP contribution in [0.4, 0.5) is 0 Å². The number of carbonyl (C=O) groups excluding carboxylic acids is 1. The summed E-state index contributed by atoms with van der Waals surface area (Å²) in [6, 6.07) is 7.34. The number of benzene rings is 1. The molecule has 1 aromatic carbocycles. The van der Waals surface area contributed by atoms with Gasteiger partial charge in [-0.2, -0.15) is 0 Å². The van der Waals surface area contributed by atoms with Gasteiger partial charge in [0.25, 0.3) is 5.91 Å². The molecule has 0 spiro atoms. The largest absolute Gasteiger partial charge is 0.334 e. The third-order valence-electron chi connectivity index (χ3n) is 3.71. The van der Waals surface area contributed by atoms with Crippen LogP contribution >= 0.6 is 11.6 Å². The Hall–Kier alpha value is -1.66. The van der Waals surface area contributed by atoms with Gasteiger partial charge < -0.3 is 4.90 Å². The molecule has 2 rings (SSSR count). The number of aliphatic imine (C=N–C) groups is 1. The average Bonchev–Trinajstić information content (AvgIpc) is 2.93. The van der Waals surface area contributed by atoms with E-state index in [1.807, 2.05) is 25.1 Å². The van der Waals surface area contributed by atoms with Crippen molar-refractivity contribution in [3.05, 3.63) is 46.5 Å². The van der Waals surface area contributed by atoms with E-state index in [2.05, 4.69) is 4.99 Å². The minimum atomic E-state index is -3.06. The van der Waals surface area contributed by atoms with Crippen LogP contribution in [0.2, 0.25) is 5.02 Å². The van der Waals surface area contributed by atoms with E-state index in [-0.39, 0.29) is 11.7 Å². The fourth-order valence-electron chi connectivity index (χ4n) is 2.49. The lowest BCUT2D eigenvalue weighted by atomic mass is 10.1.